The molecule has 0 aliphatic rings. The minimum atomic E-state index is -0.440. The van der Waals surface area contributed by atoms with Crippen molar-refractivity contribution in [1.82, 2.24) is 0 Å². The third kappa shape index (κ3) is 5.01. The van der Waals surface area contributed by atoms with Crippen LogP contribution in [0.15, 0.2) is 12.3 Å². The summed E-state index contributed by atoms with van der Waals surface area (Å²) in [5.74, 6) is -0.440. The van der Waals surface area contributed by atoms with Crippen molar-refractivity contribution in [3.05, 3.63) is 12.3 Å². The number of carbonyl (C=O) groups is 1. The highest BCUT2D eigenvalue weighted by Crippen LogP contribution is 1.75. The van der Waals surface area contributed by atoms with Crippen LogP contribution in [0.25, 0.3) is 0 Å². The molecule has 3 N–H and O–H groups in total. The zero-order valence-electron chi connectivity index (χ0n) is 3.79. The van der Waals surface area contributed by atoms with E-state index in [0.29, 0.717) is 0 Å². The number of aliphatic hydroxyl groups is 1. The van der Waals surface area contributed by atoms with Gasteiger partial charge in [0, 0.05) is 6.42 Å². The summed E-state index contributed by atoms with van der Waals surface area (Å²) >= 11 is 0. The molecule has 0 heterocycles. The molecule has 0 unspecified atom stereocenters. The number of primary amides is 1. The highest BCUT2D eigenvalue weighted by Gasteiger charge is 1.83. The lowest BCUT2D eigenvalue weighted by atomic mass is 10.4. The molecule has 0 spiro atoms. The summed E-state index contributed by atoms with van der Waals surface area (Å²) in [7, 11) is 0. The predicted molar refractivity (Wildman–Crippen MR) is 25.6 cm³/mol. The van der Waals surface area contributed by atoms with Crippen LogP contribution in [0.4, 0.5) is 0 Å². The van der Waals surface area contributed by atoms with Crippen molar-refractivity contribution < 1.29 is 9.90 Å². The molecule has 3 heteroatoms. The molecule has 40 valence electrons. The fourth-order valence-electron chi connectivity index (χ4n) is 0.169. The zero-order valence-corrected chi connectivity index (χ0v) is 3.79. The average molecular weight is 101 g/mol. The molecule has 7 heavy (non-hydrogen) atoms. The van der Waals surface area contributed by atoms with Crippen molar-refractivity contribution in [2.45, 2.75) is 6.42 Å². The molecule has 1 amide bonds. The summed E-state index contributed by atoms with van der Waals surface area (Å²) in [5, 5.41) is 7.93. The molecule has 0 rings (SSSR count). The number of rotatable bonds is 2. The van der Waals surface area contributed by atoms with Crippen LogP contribution in [0.2, 0.25) is 0 Å². The first-order valence-corrected chi connectivity index (χ1v) is 1.85. The molecule has 0 aliphatic heterocycles. The maximum atomic E-state index is 9.82. The van der Waals surface area contributed by atoms with Gasteiger partial charge in [0.05, 0.1) is 6.26 Å². The van der Waals surface area contributed by atoms with E-state index in [9.17, 15) is 4.79 Å². The van der Waals surface area contributed by atoms with E-state index in [1.54, 1.807) is 0 Å². The van der Waals surface area contributed by atoms with E-state index in [1.165, 1.54) is 6.08 Å². The molecule has 0 aliphatic carbocycles. The number of nitrogens with two attached hydrogens (primary N) is 1. The highest BCUT2D eigenvalue weighted by molar-refractivity contribution is 5.75. The Balaban J connectivity index is 3.14. The van der Waals surface area contributed by atoms with Crippen molar-refractivity contribution in [3.8, 4) is 0 Å². The SMILES string of the molecule is NC(=O)CC=CO. The van der Waals surface area contributed by atoms with Crippen molar-refractivity contribution in [2.24, 2.45) is 5.73 Å². The first-order valence-electron chi connectivity index (χ1n) is 1.85. The maximum absolute atomic E-state index is 9.82. The van der Waals surface area contributed by atoms with Gasteiger partial charge in [-0.2, -0.15) is 0 Å². The monoisotopic (exact) mass is 101 g/mol. The number of amides is 1. The summed E-state index contributed by atoms with van der Waals surface area (Å²) in [6, 6.07) is 0. The number of carbonyl (C=O) groups excluding carboxylic acids is 1. The Morgan fingerprint density at radius 1 is 1.86 bits per heavy atom. The summed E-state index contributed by atoms with van der Waals surface area (Å²) < 4.78 is 0. The van der Waals surface area contributed by atoms with Crippen LogP contribution in [0, 0.1) is 0 Å². The molecule has 0 aromatic rings. The Bertz CT molecular complexity index is 87.7. The first kappa shape index (κ1) is 6.01. The van der Waals surface area contributed by atoms with Gasteiger partial charge in [-0.3, -0.25) is 4.79 Å². The molecule has 0 fully saturated rings. The lowest BCUT2D eigenvalue weighted by molar-refractivity contribution is -0.117. The van der Waals surface area contributed by atoms with Gasteiger partial charge in [-0.15, -0.1) is 0 Å². The maximum Gasteiger partial charge on any atom is 0.221 e. The van der Waals surface area contributed by atoms with Gasteiger partial charge in [0.2, 0.25) is 5.91 Å². The molecule has 0 saturated heterocycles. The Morgan fingerprint density at radius 3 is 2.57 bits per heavy atom. The molecule has 0 radical (unpaired) electrons. The fraction of sp³-hybridized carbons (Fsp3) is 0.250. The Morgan fingerprint density at radius 2 is 2.43 bits per heavy atom. The van der Waals surface area contributed by atoms with E-state index >= 15 is 0 Å². The first-order chi connectivity index (χ1) is 3.27. The van der Waals surface area contributed by atoms with Gasteiger partial charge in [-0.1, -0.05) is 0 Å². The van der Waals surface area contributed by atoms with E-state index < -0.39 is 5.91 Å². The normalized spacial score (nSPS) is 9.71. The largest absolute Gasteiger partial charge is 0.516 e. The van der Waals surface area contributed by atoms with Crippen molar-refractivity contribution in [1.29, 1.82) is 0 Å². The van der Waals surface area contributed by atoms with Crippen LogP contribution in [-0.2, 0) is 4.79 Å². The van der Waals surface area contributed by atoms with Gasteiger partial charge in [-0.05, 0) is 6.08 Å². The molecule has 0 aromatic carbocycles. The van der Waals surface area contributed by atoms with E-state index in [1.807, 2.05) is 0 Å². The number of hydrogen-bond acceptors (Lipinski definition) is 2. The summed E-state index contributed by atoms with van der Waals surface area (Å²) in [5.41, 5.74) is 4.68. The Kier molecular flexibility index (Phi) is 2.76. The Hall–Kier alpha value is -0.990. The van der Waals surface area contributed by atoms with Crippen LogP contribution >= 0.6 is 0 Å². The highest BCUT2D eigenvalue weighted by atomic mass is 16.2. The second kappa shape index (κ2) is 3.21. The van der Waals surface area contributed by atoms with Crippen molar-refractivity contribution in [2.75, 3.05) is 0 Å². The van der Waals surface area contributed by atoms with E-state index in [2.05, 4.69) is 5.73 Å². The van der Waals surface area contributed by atoms with Gasteiger partial charge in [0.1, 0.15) is 0 Å². The van der Waals surface area contributed by atoms with E-state index in [0.717, 1.165) is 6.26 Å². The molecular weight excluding hydrogens is 94.0 g/mol. The van der Waals surface area contributed by atoms with Gasteiger partial charge < -0.3 is 10.8 Å². The predicted octanol–water partition coefficient (Wildman–Crippen LogP) is -0.0665. The third-order valence-corrected chi connectivity index (χ3v) is 0.424. The van der Waals surface area contributed by atoms with Crippen LogP contribution in [0.3, 0.4) is 0 Å². The quantitative estimate of drug-likeness (QED) is 0.478. The molecule has 0 saturated carbocycles. The zero-order chi connectivity index (χ0) is 5.70. The minimum absolute atomic E-state index is 0.108. The molecule has 3 nitrogen and oxygen atoms in total. The number of hydrogen-bond donors (Lipinski definition) is 2. The van der Waals surface area contributed by atoms with Gasteiger partial charge >= 0.3 is 0 Å². The molecule has 0 atom stereocenters. The topological polar surface area (TPSA) is 63.3 Å². The van der Waals surface area contributed by atoms with Crippen LogP contribution in [0.5, 0.6) is 0 Å². The fourth-order valence-corrected chi connectivity index (χ4v) is 0.169. The molecule has 0 aromatic heterocycles. The third-order valence-electron chi connectivity index (χ3n) is 0.424. The number of aliphatic hydroxyl groups excluding tert-OH is 1. The van der Waals surface area contributed by atoms with Gasteiger partial charge in [0.25, 0.3) is 0 Å². The average Bonchev–Trinajstić information content (AvgIpc) is 1.61. The molecule has 0 bridgehead atoms. The van der Waals surface area contributed by atoms with Crippen molar-refractivity contribution in [3.63, 3.8) is 0 Å². The lowest BCUT2D eigenvalue weighted by Crippen LogP contribution is -2.07. The Labute approximate surface area is 41.4 Å². The standard InChI is InChI=1S/C4H7NO2/c5-4(7)2-1-3-6/h1,3,6H,2H2,(H2,5,7). The summed E-state index contributed by atoms with van der Waals surface area (Å²) in [6.45, 7) is 0. The van der Waals surface area contributed by atoms with Crippen LogP contribution < -0.4 is 5.73 Å². The lowest BCUT2D eigenvalue weighted by Gasteiger charge is -1.78. The van der Waals surface area contributed by atoms with Crippen LogP contribution in [0.1, 0.15) is 6.42 Å². The van der Waals surface area contributed by atoms with Crippen LogP contribution in [-0.4, -0.2) is 11.0 Å². The smallest absolute Gasteiger partial charge is 0.221 e. The second-order valence-electron chi connectivity index (χ2n) is 1.06. The van der Waals surface area contributed by atoms with Gasteiger partial charge in [-0.25, -0.2) is 0 Å². The van der Waals surface area contributed by atoms with E-state index in [4.69, 9.17) is 5.11 Å². The summed E-state index contributed by atoms with van der Waals surface area (Å²) in [4.78, 5) is 9.82. The van der Waals surface area contributed by atoms with E-state index in [-0.39, 0.29) is 6.42 Å². The molecular formula is C4H7NO2. The van der Waals surface area contributed by atoms with Crippen molar-refractivity contribution >= 4 is 5.91 Å². The summed E-state index contributed by atoms with van der Waals surface area (Å²) in [6.07, 6.45) is 2.18. The van der Waals surface area contributed by atoms with Gasteiger partial charge in [0.15, 0.2) is 0 Å². The minimum Gasteiger partial charge on any atom is -0.516 e. The second-order valence-corrected chi connectivity index (χ2v) is 1.06.